The summed E-state index contributed by atoms with van der Waals surface area (Å²) in [5.41, 5.74) is 3.09. The maximum atomic E-state index is 13.5. The second kappa shape index (κ2) is 14.7. The first kappa shape index (κ1) is 30.8. The number of hydrazone groups is 1. The van der Waals surface area contributed by atoms with Gasteiger partial charge in [0.05, 0.1) is 30.0 Å². The molecule has 222 valence electrons. The number of hydrogen-bond donors (Lipinski definition) is 2. The summed E-state index contributed by atoms with van der Waals surface area (Å²) in [6.45, 7) is 0.470. The average molecular weight is 615 g/mol. The summed E-state index contributed by atoms with van der Waals surface area (Å²) in [7, 11) is -2.78. The maximum Gasteiger partial charge on any atom is 0.264 e. The van der Waals surface area contributed by atoms with Crippen LogP contribution in [0.1, 0.15) is 18.4 Å². The van der Waals surface area contributed by atoms with Crippen molar-refractivity contribution in [2.75, 3.05) is 37.7 Å². The number of benzene rings is 3. The molecule has 2 amide bonds. The number of amides is 2. The van der Waals surface area contributed by atoms with Crippen LogP contribution in [0.4, 0.5) is 5.69 Å². The number of ether oxygens (including phenoxy) is 3. The Morgan fingerprint density at radius 1 is 1.10 bits per heavy atom. The molecule has 13 heteroatoms. The van der Waals surface area contributed by atoms with Gasteiger partial charge in [-0.15, -0.1) is 0 Å². The third kappa shape index (κ3) is 8.44. The lowest BCUT2D eigenvalue weighted by Crippen LogP contribution is -2.39. The van der Waals surface area contributed by atoms with Crippen molar-refractivity contribution in [3.63, 3.8) is 0 Å². The van der Waals surface area contributed by atoms with E-state index in [9.17, 15) is 18.0 Å². The molecule has 1 aliphatic heterocycles. The summed E-state index contributed by atoms with van der Waals surface area (Å²) < 4.78 is 44.3. The molecule has 1 aliphatic rings. The smallest absolute Gasteiger partial charge is 0.264 e. The lowest BCUT2D eigenvalue weighted by atomic mass is 10.2. The Kier molecular flexibility index (Phi) is 10.8. The Morgan fingerprint density at radius 3 is 2.55 bits per heavy atom. The first-order valence-electron chi connectivity index (χ1n) is 13.1. The second-order valence-electron chi connectivity index (χ2n) is 9.23. The normalized spacial score (nSPS) is 14.9. The summed E-state index contributed by atoms with van der Waals surface area (Å²) in [5, 5.41) is 7.01. The van der Waals surface area contributed by atoms with Gasteiger partial charge < -0.3 is 19.5 Å². The van der Waals surface area contributed by atoms with Gasteiger partial charge in [0.1, 0.15) is 18.0 Å². The molecule has 3 aromatic carbocycles. The quantitative estimate of drug-likeness (QED) is 0.223. The Bertz CT molecular complexity index is 1500. The van der Waals surface area contributed by atoms with Gasteiger partial charge in [-0.05, 0) is 73.0 Å². The topological polar surface area (TPSA) is 136 Å². The fraction of sp³-hybridized carbons (Fsp3) is 0.276. The van der Waals surface area contributed by atoms with Crippen molar-refractivity contribution in [2.24, 2.45) is 5.10 Å². The van der Waals surface area contributed by atoms with Gasteiger partial charge in [0, 0.05) is 18.2 Å². The van der Waals surface area contributed by atoms with Crippen molar-refractivity contribution < 1.29 is 32.2 Å². The van der Waals surface area contributed by atoms with Crippen molar-refractivity contribution in [1.29, 1.82) is 0 Å². The minimum atomic E-state index is -4.17. The zero-order valence-corrected chi connectivity index (χ0v) is 24.4. The minimum Gasteiger partial charge on any atom is -0.495 e. The molecule has 4 rings (SSSR count). The molecule has 1 fully saturated rings. The Morgan fingerprint density at radius 2 is 1.86 bits per heavy atom. The van der Waals surface area contributed by atoms with E-state index in [0.29, 0.717) is 17.9 Å². The highest BCUT2D eigenvalue weighted by atomic mass is 35.5. The fourth-order valence-electron chi connectivity index (χ4n) is 4.10. The Balaban J connectivity index is 1.36. The summed E-state index contributed by atoms with van der Waals surface area (Å²) in [4.78, 5) is 24.8. The molecule has 0 aromatic heterocycles. The molecule has 1 atom stereocenters. The molecular formula is C29H31ClN4O7S. The molecule has 0 aliphatic carbocycles. The molecule has 0 bridgehead atoms. The van der Waals surface area contributed by atoms with E-state index in [2.05, 4.69) is 15.8 Å². The molecule has 3 aromatic rings. The standard InChI is InChI=1S/C29H31ClN4O7S/c1-39-27-14-11-22(30)16-26(27)34(42(37,38)25-7-3-2-4-8-25)19-28(35)33-32-17-21-9-12-23(13-10-21)41-20-29(36)31-18-24-6-5-15-40-24/h2-4,7-14,16-17,24H,5-6,15,18-20H2,1H3,(H,31,36)(H,33,35)/b32-17-/t24-/m1/s1. The number of rotatable bonds is 13. The maximum absolute atomic E-state index is 13.5. The number of methoxy groups -OCH3 is 1. The molecule has 0 radical (unpaired) electrons. The SMILES string of the molecule is COc1ccc(Cl)cc1N(CC(=O)N/N=C\c1ccc(OCC(=O)NC[C@H]2CCCO2)cc1)S(=O)(=O)c1ccccc1. The van der Waals surface area contributed by atoms with Gasteiger partial charge in [0.2, 0.25) is 0 Å². The fourth-order valence-corrected chi connectivity index (χ4v) is 5.72. The average Bonchev–Trinajstić information content (AvgIpc) is 3.53. The molecule has 0 unspecified atom stereocenters. The van der Waals surface area contributed by atoms with Crippen LogP contribution in [-0.4, -0.2) is 66.0 Å². The molecule has 1 heterocycles. The van der Waals surface area contributed by atoms with Gasteiger partial charge in [-0.25, -0.2) is 13.8 Å². The number of carbonyl (C=O) groups is 2. The predicted octanol–water partition coefficient (Wildman–Crippen LogP) is 3.37. The number of halogens is 1. The van der Waals surface area contributed by atoms with Gasteiger partial charge in [-0.1, -0.05) is 29.8 Å². The van der Waals surface area contributed by atoms with Crippen molar-refractivity contribution in [2.45, 2.75) is 23.8 Å². The molecule has 42 heavy (non-hydrogen) atoms. The zero-order valence-electron chi connectivity index (χ0n) is 22.9. The van der Waals surface area contributed by atoms with Crippen molar-refractivity contribution >= 4 is 45.3 Å². The highest BCUT2D eigenvalue weighted by molar-refractivity contribution is 7.92. The van der Waals surface area contributed by atoms with Crippen LogP contribution in [-0.2, 0) is 24.3 Å². The van der Waals surface area contributed by atoms with E-state index in [1.165, 1.54) is 37.6 Å². The molecular weight excluding hydrogens is 584 g/mol. The van der Waals surface area contributed by atoms with Crippen molar-refractivity contribution in [3.05, 3.63) is 83.4 Å². The lowest BCUT2D eigenvalue weighted by Gasteiger charge is -2.25. The van der Waals surface area contributed by atoms with E-state index >= 15 is 0 Å². The molecule has 0 spiro atoms. The molecule has 11 nitrogen and oxygen atoms in total. The first-order chi connectivity index (χ1) is 20.3. The Hall–Kier alpha value is -4.13. The largest absolute Gasteiger partial charge is 0.495 e. The van der Waals surface area contributed by atoms with Crippen LogP contribution in [0.15, 0.2) is 82.8 Å². The van der Waals surface area contributed by atoms with Gasteiger partial charge in [0.15, 0.2) is 6.61 Å². The zero-order chi connectivity index (χ0) is 30.0. The summed E-state index contributed by atoms with van der Waals surface area (Å²) in [6.07, 6.45) is 3.39. The Labute approximate surface area is 249 Å². The highest BCUT2D eigenvalue weighted by Gasteiger charge is 2.29. The summed E-state index contributed by atoms with van der Waals surface area (Å²) >= 11 is 6.15. The van der Waals surface area contributed by atoms with E-state index < -0.39 is 22.5 Å². The second-order valence-corrected chi connectivity index (χ2v) is 11.5. The third-order valence-corrected chi connectivity index (χ3v) is 8.24. The van der Waals surface area contributed by atoms with Crippen molar-refractivity contribution in [3.8, 4) is 11.5 Å². The molecule has 0 saturated carbocycles. The van der Waals surface area contributed by atoms with Crippen molar-refractivity contribution in [1.82, 2.24) is 10.7 Å². The van der Waals surface area contributed by atoms with Crippen LogP contribution in [0.5, 0.6) is 11.5 Å². The minimum absolute atomic E-state index is 0.00838. The van der Waals surface area contributed by atoms with Crippen LogP contribution in [0.25, 0.3) is 0 Å². The predicted molar refractivity (Wildman–Crippen MR) is 159 cm³/mol. The number of sulfonamides is 1. The van der Waals surface area contributed by atoms with Crippen LogP contribution >= 0.6 is 11.6 Å². The van der Waals surface area contributed by atoms with E-state index in [1.807, 2.05) is 0 Å². The van der Waals surface area contributed by atoms with Crippen LogP contribution in [0.3, 0.4) is 0 Å². The molecule has 2 N–H and O–H groups in total. The number of anilines is 1. The monoisotopic (exact) mass is 614 g/mol. The summed E-state index contributed by atoms with van der Waals surface area (Å²) in [5.74, 6) is -0.224. The van der Waals surface area contributed by atoms with Gasteiger partial charge in [-0.3, -0.25) is 13.9 Å². The van der Waals surface area contributed by atoms with Crippen LogP contribution in [0.2, 0.25) is 5.02 Å². The third-order valence-electron chi connectivity index (χ3n) is 6.23. The highest BCUT2D eigenvalue weighted by Crippen LogP contribution is 2.34. The van der Waals surface area contributed by atoms with Gasteiger partial charge in [-0.2, -0.15) is 5.10 Å². The van der Waals surface area contributed by atoms with E-state index in [4.69, 9.17) is 25.8 Å². The van der Waals surface area contributed by atoms with Gasteiger partial charge in [0.25, 0.3) is 21.8 Å². The van der Waals surface area contributed by atoms with E-state index in [1.54, 1.807) is 48.5 Å². The van der Waals surface area contributed by atoms with E-state index in [0.717, 1.165) is 23.8 Å². The number of nitrogens with zero attached hydrogens (tertiary/aromatic N) is 2. The van der Waals surface area contributed by atoms with Crippen LogP contribution < -0.4 is 24.5 Å². The van der Waals surface area contributed by atoms with E-state index in [-0.39, 0.29) is 40.0 Å². The van der Waals surface area contributed by atoms with Crippen LogP contribution in [0, 0.1) is 0 Å². The lowest BCUT2D eigenvalue weighted by molar-refractivity contribution is -0.123. The first-order valence-corrected chi connectivity index (χ1v) is 14.9. The molecule has 1 saturated heterocycles. The number of hydrogen-bond acceptors (Lipinski definition) is 8. The van der Waals surface area contributed by atoms with Gasteiger partial charge >= 0.3 is 0 Å². The number of carbonyl (C=O) groups excluding carboxylic acids is 2. The summed E-state index contributed by atoms with van der Waals surface area (Å²) in [6, 6.07) is 18.9. The number of nitrogens with one attached hydrogen (secondary N) is 2.